The van der Waals surface area contributed by atoms with Crippen molar-refractivity contribution >= 4 is 40.0 Å². The Kier molecular flexibility index (Phi) is 2.12. The summed E-state index contributed by atoms with van der Waals surface area (Å²) in [6.45, 7) is 0. The molecule has 0 saturated heterocycles. The summed E-state index contributed by atoms with van der Waals surface area (Å²) < 4.78 is 1.70. The fourth-order valence-electron chi connectivity index (χ4n) is 2.63. The minimum absolute atomic E-state index is 0.0148. The molecule has 92 valence electrons. The van der Waals surface area contributed by atoms with Crippen molar-refractivity contribution in [3.63, 3.8) is 0 Å². The first-order valence-electron chi connectivity index (χ1n) is 5.81. The van der Waals surface area contributed by atoms with Crippen LogP contribution >= 0.6 is 23.2 Å². The summed E-state index contributed by atoms with van der Waals surface area (Å²) in [6, 6.07) is 13.1. The molecule has 0 saturated carbocycles. The van der Waals surface area contributed by atoms with E-state index >= 15 is 0 Å². The van der Waals surface area contributed by atoms with Crippen LogP contribution in [-0.4, -0.2) is 10.5 Å². The highest BCUT2D eigenvalue weighted by molar-refractivity contribution is 6.43. The van der Waals surface area contributed by atoms with Crippen LogP contribution in [0.25, 0.3) is 22.2 Å². The van der Waals surface area contributed by atoms with Crippen molar-refractivity contribution in [1.29, 1.82) is 0 Å². The average Bonchev–Trinajstić information content (AvgIpc) is 2.89. The normalized spacial score (nSPS) is 12.8. The molecule has 0 radical (unpaired) electrons. The second kappa shape index (κ2) is 3.62. The number of nitrogens with zero attached hydrogens (tertiary/aromatic N) is 1. The lowest BCUT2D eigenvalue weighted by Crippen LogP contribution is -2.05. The number of aromatic nitrogens is 1. The lowest BCUT2D eigenvalue weighted by atomic mass is 10.1. The van der Waals surface area contributed by atoms with E-state index in [4.69, 9.17) is 23.2 Å². The smallest absolute Gasteiger partial charge is 0.263 e. The number of hydrogen-bond donors (Lipinski definition) is 0. The number of carbonyl (C=O) groups excluding carboxylic acids is 1. The number of carbonyl (C=O) groups is 1. The second-order valence-corrected chi connectivity index (χ2v) is 5.36. The maximum atomic E-state index is 12.4. The van der Waals surface area contributed by atoms with Gasteiger partial charge in [-0.3, -0.25) is 9.36 Å². The Morgan fingerprint density at radius 2 is 1.58 bits per heavy atom. The molecule has 0 unspecified atom stereocenters. The third-order valence-corrected chi connectivity index (χ3v) is 4.20. The van der Waals surface area contributed by atoms with Gasteiger partial charge in [-0.1, -0.05) is 41.4 Å². The van der Waals surface area contributed by atoms with Crippen molar-refractivity contribution in [3.05, 3.63) is 58.1 Å². The fraction of sp³-hybridized carbons (Fsp3) is 0. The Labute approximate surface area is 119 Å². The first-order chi connectivity index (χ1) is 9.16. The van der Waals surface area contributed by atoms with Gasteiger partial charge in [-0.2, -0.15) is 0 Å². The first-order valence-corrected chi connectivity index (χ1v) is 6.57. The standard InChI is InChI=1S/C15H7Cl2NO/c16-11-5-8-6-14-9-3-1-2-4-10(9)15(19)18(14)13(8)7-12(11)17/h1-7H. The molecule has 2 aromatic carbocycles. The van der Waals surface area contributed by atoms with Gasteiger partial charge in [0.2, 0.25) is 0 Å². The first kappa shape index (κ1) is 11.1. The van der Waals surface area contributed by atoms with Crippen molar-refractivity contribution in [2.24, 2.45) is 0 Å². The summed E-state index contributed by atoms with van der Waals surface area (Å²) in [7, 11) is 0. The van der Waals surface area contributed by atoms with E-state index in [1.165, 1.54) is 0 Å². The summed E-state index contributed by atoms with van der Waals surface area (Å²) >= 11 is 12.1. The molecule has 4 heteroatoms. The molecule has 1 aromatic heterocycles. The molecular formula is C15H7Cl2NO. The Balaban J connectivity index is 2.15. The lowest BCUT2D eigenvalue weighted by Gasteiger charge is -2.01. The van der Waals surface area contributed by atoms with Crippen LogP contribution in [0.15, 0.2) is 42.5 Å². The van der Waals surface area contributed by atoms with Crippen LogP contribution in [0.5, 0.6) is 0 Å². The molecule has 4 rings (SSSR count). The second-order valence-electron chi connectivity index (χ2n) is 4.54. The zero-order chi connectivity index (χ0) is 13.1. The molecule has 0 spiro atoms. The summed E-state index contributed by atoms with van der Waals surface area (Å²) in [5, 5.41) is 1.88. The number of benzene rings is 2. The minimum atomic E-state index is -0.0148. The van der Waals surface area contributed by atoms with E-state index in [0.717, 1.165) is 27.7 Å². The van der Waals surface area contributed by atoms with Gasteiger partial charge in [-0.25, -0.2) is 0 Å². The number of hydrogen-bond acceptors (Lipinski definition) is 1. The van der Waals surface area contributed by atoms with E-state index in [0.29, 0.717) is 10.0 Å². The van der Waals surface area contributed by atoms with Gasteiger partial charge in [-0.05, 0) is 24.3 Å². The molecular weight excluding hydrogens is 281 g/mol. The van der Waals surface area contributed by atoms with E-state index in [1.807, 2.05) is 30.3 Å². The van der Waals surface area contributed by atoms with E-state index in [2.05, 4.69) is 0 Å². The van der Waals surface area contributed by atoms with Gasteiger partial charge in [0, 0.05) is 16.5 Å². The van der Waals surface area contributed by atoms with Crippen LogP contribution in [0.1, 0.15) is 10.4 Å². The SMILES string of the molecule is O=C1c2ccccc2-c2cc3cc(Cl)c(Cl)cc3n21. The van der Waals surface area contributed by atoms with Gasteiger partial charge in [0.15, 0.2) is 0 Å². The number of halogens is 2. The molecule has 0 bridgehead atoms. The monoisotopic (exact) mass is 287 g/mol. The molecule has 1 aliphatic rings. The van der Waals surface area contributed by atoms with Gasteiger partial charge >= 0.3 is 0 Å². The predicted molar refractivity (Wildman–Crippen MR) is 77.1 cm³/mol. The number of rotatable bonds is 0. The topological polar surface area (TPSA) is 22.0 Å². The quantitative estimate of drug-likeness (QED) is 0.463. The third kappa shape index (κ3) is 1.36. The molecule has 19 heavy (non-hydrogen) atoms. The average molecular weight is 288 g/mol. The maximum absolute atomic E-state index is 12.4. The Morgan fingerprint density at radius 1 is 0.895 bits per heavy atom. The molecule has 2 heterocycles. The molecule has 1 aliphatic heterocycles. The Hall–Kier alpha value is -1.77. The third-order valence-electron chi connectivity index (χ3n) is 3.48. The van der Waals surface area contributed by atoms with Crippen molar-refractivity contribution in [2.75, 3.05) is 0 Å². The summed E-state index contributed by atoms with van der Waals surface area (Å²) in [4.78, 5) is 12.4. The van der Waals surface area contributed by atoms with Gasteiger partial charge in [0.1, 0.15) is 0 Å². The summed E-state index contributed by atoms with van der Waals surface area (Å²) in [5.74, 6) is -0.0148. The maximum Gasteiger partial charge on any atom is 0.263 e. The zero-order valence-corrected chi connectivity index (χ0v) is 11.2. The highest BCUT2D eigenvalue weighted by atomic mass is 35.5. The highest BCUT2D eigenvalue weighted by Crippen LogP contribution is 2.39. The number of fused-ring (bicyclic) bond motifs is 5. The van der Waals surface area contributed by atoms with Crippen molar-refractivity contribution in [2.45, 2.75) is 0 Å². The lowest BCUT2D eigenvalue weighted by molar-refractivity contribution is 0.0973. The molecule has 0 fully saturated rings. The van der Waals surface area contributed by atoms with Crippen molar-refractivity contribution < 1.29 is 4.79 Å². The minimum Gasteiger partial charge on any atom is -0.276 e. The fourth-order valence-corrected chi connectivity index (χ4v) is 2.96. The highest BCUT2D eigenvalue weighted by Gasteiger charge is 2.28. The van der Waals surface area contributed by atoms with Crippen LogP contribution < -0.4 is 0 Å². The van der Waals surface area contributed by atoms with Crippen LogP contribution in [-0.2, 0) is 0 Å². The van der Waals surface area contributed by atoms with Crippen molar-refractivity contribution in [3.8, 4) is 11.3 Å². The van der Waals surface area contributed by atoms with E-state index < -0.39 is 0 Å². The van der Waals surface area contributed by atoms with E-state index in [-0.39, 0.29) is 5.91 Å². The summed E-state index contributed by atoms with van der Waals surface area (Å²) in [5.41, 5.74) is 3.38. The van der Waals surface area contributed by atoms with Crippen LogP contribution in [0.3, 0.4) is 0 Å². The summed E-state index contributed by atoms with van der Waals surface area (Å²) in [6.07, 6.45) is 0. The van der Waals surface area contributed by atoms with E-state index in [9.17, 15) is 4.79 Å². The molecule has 0 aliphatic carbocycles. The van der Waals surface area contributed by atoms with Crippen LogP contribution in [0, 0.1) is 0 Å². The van der Waals surface area contributed by atoms with Gasteiger partial charge < -0.3 is 0 Å². The zero-order valence-electron chi connectivity index (χ0n) is 9.65. The molecule has 3 aromatic rings. The van der Waals surface area contributed by atoms with Gasteiger partial charge in [0.25, 0.3) is 5.91 Å². The molecule has 0 atom stereocenters. The van der Waals surface area contributed by atoms with Gasteiger partial charge in [-0.15, -0.1) is 0 Å². The molecule has 0 amide bonds. The Bertz CT molecular complexity index is 864. The molecule has 2 nitrogen and oxygen atoms in total. The van der Waals surface area contributed by atoms with Crippen molar-refractivity contribution in [1.82, 2.24) is 4.57 Å². The Morgan fingerprint density at radius 3 is 2.37 bits per heavy atom. The van der Waals surface area contributed by atoms with E-state index in [1.54, 1.807) is 16.7 Å². The predicted octanol–water partition coefficient (Wildman–Crippen LogP) is 4.62. The van der Waals surface area contributed by atoms with Crippen LogP contribution in [0.4, 0.5) is 0 Å². The van der Waals surface area contributed by atoms with Crippen LogP contribution in [0.2, 0.25) is 10.0 Å². The largest absolute Gasteiger partial charge is 0.276 e. The van der Waals surface area contributed by atoms with Gasteiger partial charge in [0.05, 0.1) is 21.3 Å². The molecule has 0 N–H and O–H groups in total.